The molecule has 25 heavy (non-hydrogen) atoms. The topological polar surface area (TPSA) is 76.0 Å². The number of aromatic nitrogens is 2. The maximum Gasteiger partial charge on any atom is 0.257 e. The van der Waals surface area contributed by atoms with Crippen molar-refractivity contribution < 1.29 is 9.59 Å². The number of nitrogens with one attached hydrogen (secondary N) is 2. The molecule has 0 aliphatic carbocycles. The van der Waals surface area contributed by atoms with Crippen molar-refractivity contribution >= 4 is 23.2 Å². The van der Waals surface area contributed by atoms with Crippen LogP contribution in [0.25, 0.3) is 0 Å². The summed E-state index contributed by atoms with van der Waals surface area (Å²) in [6.45, 7) is 8.58. The van der Waals surface area contributed by atoms with Gasteiger partial charge in [0.2, 0.25) is 5.91 Å². The summed E-state index contributed by atoms with van der Waals surface area (Å²) in [5.41, 5.74) is 3.41. The first-order valence-corrected chi connectivity index (χ1v) is 8.72. The first-order chi connectivity index (χ1) is 12.0. The van der Waals surface area contributed by atoms with E-state index in [4.69, 9.17) is 0 Å². The van der Waals surface area contributed by atoms with E-state index in [1.165, 1.54) is 0 Å². The normalized spacial score (nSPS) is 10.6. The van der Waals surface area contributed by atoms with Gasteiger partial charge in [-0.1, -0.05) is 32.4 Å². The number of benzene rings is 1. The highest BCUT2D eigenvalue weighted by Gasteiger charge is 2.17. The number of carbonyl (C=O) groups excluding carboxylic acids is 2. The molecule has 6 heteroatoms. The van der Waals surface area contributed by atoms with E-state index in [-0.39, 0.29) is 11.8 Å². The number of hydrogen-bond donors (Lipinski definition) is 2. The van der Waals surface area contributed by atoms with Gasteiger partial charge < -0.3 is 10.6 Å². The zero-order valence-electron chi connectivity index (χ0n) is 15.3. The Labute approximate surface area is 148 Å². The molecule has 134 valence electrons. The second kappa shape index (κ2) is 8.46. The number of hydrogen-bond acceptors (Lipinski definition) is 3. The third-order valence-corrected chi connectivity index (χ3v) is 4.11. The molecule has 1 aromatic carbocycles. The van der Waals surface area contributed by atoms with Crippen LogP contribution in [0, 0.1) is 13.8 Å². The molecule has 1 heterocycles. The second-order valence-electron chi connectivity index (χ2n) is 6.02. The number of carbonyl (C=O) groups is 2. The SMILES string of the molecule is CCCCn1nc(C)c(NC(=O)c2ccccc2NC(=O)CC)c1C. The van der Waals surface area contributed by atoms with Gasteiger partial charge in [0.15, 0.2) is 0 Å². The standard InChI is InChI=1S/C19H26N4O2/c1-5-7-12-23-14(4)18(13(3)22-23)21-19(25)15-10-8-9-11-16(15)20-17(24)6-2/h8-11H,5-7,12H2,1-4H3,(H,20,24)(H,21,25). The van der Waals surface area contributed by atoms with Crippen molar-refractivity contribution in [3.8, 4) is 0 Å². The molecule has 0 aliphatic rings. The average Bonchev–Trinajstić information content (AvgIpc) is 2.87. The summed E-state index contributed by atoms with van der Waals surface area (Å²) in [5.74, 6) is -0.381. The molecule has 0 saturated carbocycles. The smallest absolute Gasteiger partial charge is 0.257 e. The third kappa shape index (κ3) is 4.47. The Bertz CT molecular complexity index is 765. The minimum absolute atomic E-state index is 0.125. The van der Waals surface area contributed by atoms with Crippen LogP contribution in [0.2, 0.25) is 0 Å². The molecule has 0 radical (unpaired) electrons. The second-order valence-corrected chi connectivity index (χ2v) is 6.02. The minimum Gasteiger partial charge on any atom is -0.325 e. The van der Waals surface area contributed by atoms with Crippen LogP contribution in [0.1, 0.15) is 54.9 Å². The number of unbranched alkanes of at least 4 members (excludes halogenated alkanes) is 1. The zero-order chi connectivity index (χ0) is 18.4. The van der Waals surface area contributed by atoms with Crippen LogP contribution in [-0.4, -0.2) is 21.6 Å². The van der Waals surface area contributed by atoms with Gasteiger partial charge in [0, 0.05) is 13.0 Å². The predicted octanol–water partition coefficient (Wildman–Crippen LogP) is 3.90. The van der Waals surface area contributed by atoms with E-state index in [1.54, 1.807) is 31.2 Å². The maximum absolute atomic E-state index is 12.7. The Balaban J connectivity index is 2.23. The number of nitrogens with zero attached hydrogens (tertiary/aromatic N) is 2. The Morgan fingerprint density at radius 1 is 1.12 bits per heavy atom. The molecule has 2 N–H and O–H groups in total. The van der Waals surface area contributed by atoms with Crippen molar-refractivity contribution in [2.75, 3.05) is 10.6 Å². The van der Waals surface area contributed by atoms with Gasteiger partial charge >= 0.3 is 0 Å². The lowest BCUT2D eigenvalue weighted by atomic mass is 10.1. The van der Waals surface area contributed by atoms with Gasteiger partial charge in [-0.25, -0.2) is 0 Å². The van der Waals surface area contributed by atoms with Gasteiger partial charge in [0.05, 0.1) is 28.3 Å². The van der Waals surface area contributed by atoms with Crippen molar-refractivity contribution in [3.05, 3.63) is 41.2 Å². The first kappa shape index (κ1) is 18.7. The lowest BCUT2D eigenvalue weighted by molar-refractivity contribution is -0.115. The Morgan fingerprint density at radius 3 is 2.52 bits per heavy atom. The highest BCUT2D eigenvalue weighted by atomic mass is 16.2. The average molecular weight is 342 g/mol. The maximum atomic E-state index is 12.7. The molecule has 0 aliphatic heterocycles. The number of rotatable bonds is 7. The molecule has 6 nitrogen and oxygen atoms in total. The predicted molar refractivity (Wildman–Crippen MR) is 99.9 cm³/mol. The number of para-hydroxylation sites is 1. The molecule has 0 spiro atoms. The van der Waals surface area contributed by atoms with E-state index in [0.29, 0.717) is 17.7 Å². The molecule has 0 bridgehead atoms. The summed E-state index contributed by atoms with van der Waals surface area (Å²) >= 11 is 0. The Morgan fingerprint density at radius 2 is 1.84 bits per heavy atom. The fourth-order valence-electron chi connectivity index (χ4n) is 2.61. The molecule has 1 aromatic heterocycles. The van der Waals surface area contributed by atoms with Crippen LogP contribution in [0.3, 0.4) is 0 Å². The van der Waals surface area contributed by atoms with Gasteiger partial charge in [-0.3, -0.25) is 14.3 Å². The molecule has 2 aromatic rings. The van der Waals surface area contributed by atoms with E-state index in [0.717, 1.165) is 36.5 Å². The summed E-state index contributed by atoms with van der Waals surface area (Å²) in [4.78, 5) is 24.4. The fourth-order valence-corrected chi connectivity index (χ4v) is 2.61. The van der Waals surface area contributed by atoms with E-state index in [2.05, 4.69) is 22.7 Å². The first-order valence-electron chi connectivity index (χ1n) is 8.72. The largest absolute Gasteiger partial charge is 0.325 e. The van der Waals surface area contributed by atoms with Gasteiger partial charge in [-0.05, 0) is 32.4 Å². The van der Waals surface area contributed by atoms with E-state index in [1.807, 2.05) is 18.5 Å². The molecule has 2 amide bonds. The molecule has 0 unspecified atom stereocenters. The van der Waals surface area contributed by atoms with Crippen LogP contribution in [0.4, 0.5) is 11.4 Å². The molecule has 0 saturated heterocycles. The van der Waals surface area contributed by atoms with Gasteiger partial charge in [0.1, 0.15) is 0 Å². The fraction of sp³-hybridized carbons (Fsp3) is 0.421. The van der Waals surface area contributed by atoms with Crippen molar-refractivity contribution in [2.45, 2.75) is 53.5 Å². The van der Waals surface area contributed by atoms with Crippen molar-refractivity contribution in [2.24, 2.45) is 0 Å². The van der Waals surface area contributed by atoms with E-state index < -0.39 is 0 Å². The molecule has 0 fully saturated rings. The molecular weight excluding hydrogens is 316 g/mol. The lowest BCUT2D eigenvalue weighted by Crippen LogP contribution is -2.18. The van der Waals surface area contributed by atoms with E-state index in [9.17, 15) is 9.59 Å². The van der Waals surface area contributed by atoms with Crippen LogP contribution in [0.15, 0.2) is 24.3 Å². The molecule has 2 rings (SSSR count). The Kier molecular flexibility index (Phi) is 6.33. The summed E-state index contributed by atoms with van der Waals surface area (Å²) in [6, 6.07) is 7.00. The van der Waals surface area contributed by atoms with Crippen LogP contribution in [0.5, 0.6) is 0 Å². The monoisotopic (exact) mass is 342 g/mol. The zero-order valence-corrected chi connectivity index (χ0v) is 15.3. The van der Waals surface area contributed by atoms with Crippen molar-refractivity contribution in [1.29, 1.82) is 0 Å². The highest BCUT2D eigenvalue weighted by Crippen LogP contribution is 2.23. The quantitative estimate of drug-likeness (QED) is 0.801. The van der Waals surface area contributed by atoms with Crippen molar-refractivity contribution in [1.82, 2.24) is 9.78 Å². The summed E-state index contributed by atoms with van der Waals surface area (Å²) in [5, 5.41) is 10.2. The van der Waals surface area contributed by atoms with Crippen molar-refractivity contribution in [3.63, 3.8) is 0 Å². The third-order valence-electron chi connectivity index (χ3n) is 4.11. The van der Waals surface area contributed by atoms with Gasteiger partial charge in [-0.2, -0.15) is 5.10 Å². The van der Waals surface area contributed by atoms with E-state index >= 15 is 0 Å². The van der Waals surface area contributed by atoms with Crippen LogP contribution in [-0.2, 0) is 11.3 Å². The van der Waals surface area contributed by atoms with Crippen LogP contribution >= 0.6 is 0 Å². The number of aryl methyl sites for hydroxylation is 2. The van der Waals surface area contributed by atoms with Gasteiger partial charge in [0.25, 0.3) is 5.91 Å². The Hall–Kier alpha value is -2.63. The van der Waals surface area contributed by atoms with Gasteiger partial charge in [-0.15, -0.1) is 0 Å². The van der Waals surface area contributed by atoms with Crippen LogP contribution < -0.4 is 10.6 Å². The highest BCUT2D eigenvalue weighted by molar-refractivity contribution is 6.10. The molecular formula is C19H26N4O2. The lowest BCUT2D eigenvalue weighted by Gasteiger charge is -2.11. The summed E-state index contributed by atoms with van der Waals surface area (Å²) < 4.78 is 1.93. The number of anilines is 2. The molecule has 0 atom stereocenters. The summed E-state index contributed by atoms with van der Waals surface area (Å²) in [7, 11) is 0. The minimum atomic E-state index is -0.256. The number of amides is 2. The summed E-state index contributed by atoms with van der Waals surface area (Å²) in [6.07, 6.45) is 2.49.